The highest BCUT2D eigenvalue weighted by Crippen LogP contribution is 2.29. The molecule has 0 saturated carbocycles. The van der Waals surface area contributed by atoms with Crippen LogP contribution in [0.1, 0.15) is 31.2 Å². The Balaban J connectivity index is 1.95. The summed E-state index contributed by atoms with van der Waals surface area (Å²) in [7, 11) is -0.305. The molecule has 1 unspecified atom stereocenters. The minimum absolute atomic E-state index is 0.204. The van der Waals surface area contributed by atoms with Gasteiger partial charge in [0, 0.05) is 6.61 Å². The third kappa shape index (κ3) is 3.55. The molecule has 0 radical (unpaired) electrons. The van der Waals surface area contributed by atoms with Crippen molar-refractivity contribution in [3.8, 4) is 0 Å². The van der Waals surface area contributed by atoms with Crippen LogP contribution in [0, 0.1) is 0 Å². The van der Waals surface area contributed by atoms with E-state index in [1.165, 1.54) is 31.2 Å². The van der Waals surface area contributed by atoms with Crippen LogP contribution in [0.4, 0.5) is 0 Å². The molecule has 1 fully saturated rings. The first-order valence-electron chi connectivity index (χ1n) is 6.63. The van der Waals surface area contributed by atoms with Crippen LogP contribution in [0.25, 0.3) is 0 Å². The summed E-state index contributed by atoms with van der Waals surface area (Å²) < 4.78 is 6.12. The Kier molecular flexibility index (Phi) is 4.57. The quantitative estimate of drug-likeness (QED) is 0.726. The molecule has 1 saturated heterocycles. The van der Waals surface area contributed by atoms with E-state index in [0.717, 1.165) is 13.0 Å². The maximum Gasteiger partial charge on any atom is 0.0827 e. The largest absolute Gasteiger partial charge is 0.379 e. The molecule has 1 atom stereocenters. The second kappa shape index (κ2) is 6.17. The lowest BCUT2D eigenvalue weighted by Crippen LogP contribution is -2.42. The van der Waals surface area contributed by atoms with E-state index in [9.17, 15) is 0 Å². The zero-order valence-corrected chi connectivity index (χ0v) is 11.9. The lowest BCUT2D eigenvalue weighted by atomic mass is 10.0. The van der Waals surface area contributed by atoms with Crippen molar-refractivity contribution in [2.24, 2.45) is 0 Å². The van der Waals surface area contributed by atoms with Crippen LogP contribution in [-0.2, 0) is 11.2 Å². The van der Waals surface area contributed by atoms with E-state index in [4.69, 9.17) is 4.74 Å². The molecule has 0 N–H and O–H groups in total. The van der Waals surface area contributed by atoms with E-state index in [0.29, 0.717) is 0 Å². The van der Waals surface area contributed by atoms with E-state index in [1.807, 2.05) is 0 Å². The summed E-state index contributed by atoms with van der Waals surface area (Å²) in [6, 6.07) is 10.7. The minimum Gasteiger partial charge on any atom is -0.379 e. The maximum atomic E-state index is 6.12. The Morgan fingerprint density at radius 3 is 2.76 bits per heavy atom. The zero-order valence-electron chi connectivity index (χ0n) is 10.5. The molecule has 1 aliphatic heterocycles. The average molecular weight is 246 g/mol. The van der Waals surface area contributed by atoms with Crippen molar-refractivity contribution in [3.63, 3.8) is 0 Å². The van der Waals surface area contributed by atoms with Gasteiger partial charge in [-0.15, -0.1) is 12.3 Å². The fourth-order valence-corrected chi connectivity index (χ4v) is 4.27. The average Bonchev–Trinajstić information content (AvgIpc) is 2.39. The molecular formula is C15H22OSi. The van der Waals surface area contributed by atoms with Crippen LogP contribution in [0.2, 0.25) is 0 Å². The molecular weight excluding hydrogens is 224 g/mol. The molecule has 1 nitrogen and oxygen atoms in total. The SMILES string of the molecule is C=C[SiH2]C1(CCc2ccccc2)CCCCO1. The zero-order chi connectivity index (χ0) is 12.0. The summed E-state index contributed by atoms with van der Waals surface area (Å²) in [6.45, 7) is 4.89. The second-order valence-corrected chi connectivity index (χ2v) is 7.24. The molecule has 92 valence electrons. The fraction of sp³-hybridized carbons (Fsp3) is 0.467. The van der Waals surface area contributed by atoms with Crippen molar-refractivity contribution >= 4 is 9.52 Å². The van der Waals surface area contributed by atoms with E-state index >= 15 is 0 Å². The van der Waals surface area contributed by atoms with Gasteiger partial charge < -0.3 is 4.74 Å². The molecule has 0 spiro atoms. The summed E-state index contributed by atoms with van der Waals surface area (Å²) in [6.07, 6.45) is 6.13. The van der Waals surface area contributed by atoms with Gasteiger partial charge in [0.25, 0.3) is 0 Å². The molecule has 1 aromatic rings. The van der Waals surface area contributed by atoms with Gasteiger partial charge in [0.2, 0.25) is 0 Å². The number of hydrogen-bond donors (Lipinski definition) is 0. The minimum atomic E-state index is -0.305. The molecule has 0 aliphatic carbocycles. The molecule has 0 bridgehead atoms. The van der Waals surface area contributed by atoms with Gasteiger partial charge in [0.15, 0.2) is 0 Å². The highest BCUT2D eigenvalue weighted by atomic mass is 28.2. The summed E-state index contributed by atoms with van der Waals surface area (Å²) in [4.78, 5) is 0. The van der Waals surface area contributed by atoms with Gasteiger partial charge in [-0.2, -0.15) is 0 Å². The van der Waals surface area contributed by atoms with Crippen molar-refractivity contribution in [2.45, 2.75) is 37.3 Å². The molecule has 2 heteroatoms. The van der Waals surface area contributed by atoms with Crippen molar-refractivity contribution in [1.82, 2.24) is 0 Å². The topological polar surface area (TPSA) is 9.23 Å². The van der Waals surface area contributed by atoms with Crippen molar-refractivity contribution in [1.29, 1.82) is 0 Å². The standard InChI is InChI=1S/C15H22OSi/c1-2-17-15(11-6-7-13-16-15)12-10-14-8-4-3-5-9-14/h2-5,8-9H,1,6-7,10-13,17H2. The number of rotatable bonds is 5. The highest BCUT2D eigenvalue weighted by Gasteiger charge is 2.31. The van der Waals surface area contributed by atoms with Crippen molar-refractivity contribution in [2.75, 3.05) is 6.61 Å². The summed E-state index contributed by atoms with van der Waals surface area (Å²) in [5, 5.41) is 0.204. The van der Waals surface area contributed by atoms with Crippen LogP contribution < -0.4 is 0 Å². The van der Waals surface area contributed by atoms with Crippen LogP contribution in [0.5, 0.6) is 0 Å². The highest BCUT2D eigenvalue weighted by molar-refractivity contribution is 6.45. The molecule has 17 heavy (non-hydrogen) atoms. The molecule has 1 aliphatic rings. The van der Waals surface area contributed by atoms with Crippen LogP contribution >= 0.6 is 0 Å². The Labute approximate surface area is 107 Å². The Bertz CT molecular complexity index is 341. The number of benzene rings is 1. The van der Waals surface area contributed by atoms with Crippen molar-refractivity contribution in [3.05, 3.63) is 48.2 Å². The van der Waals surface area contributed by atoms with Gasteiger partial charge in [-0.3, -0.25) is 0 Å². The lowest BCUT2D eigenvalue weighted by Gasteiger charge is -2.37. The van der Waals surface area contributed by atoms with Crippen molar-refractivity contribution < 1.29 is 4.74 Å². The number of aryl methyl sites for hydroxylation is 1. The normalized spacial score (nSPS) is 25.2. The molecule has 0 aromatic heterocycles. The first-order chi connectivity index (χ1) is 8.35. The number of hydrogen-bond acceptors (Lipinski definition) is 1. The van der Waals surface area contributed by atoms with Gasteiger partial charge in [0.05, 0.1) is 14.7 Å². The van der Waals surface area contributed by atoms with Crippen LogP contribution in [-0.4, -0.2) is 21.4 Å². The van der Waals surface area contributed by atoms with E-state index in [2.05, 4.69) is 42.6 Å². The van der Waals surface area contributed by atoms with Gasteiger partial charge in [-0.05, 0) is 37.7 Å². The second-order valence-electron chi connectivity index (χ2n) is 4.97. The lowest BCUT2D eigenvalue weighted by molar-refractivity contribution is -0.0242. The summed E-state index contributed by atoms with van der Waals surface area (Å²) in [5.74, 6) is 0. The molecule has 1 aromatic carbocycles. The maximum absolute atomic E-state index is 6.12. The molecule has 0 amide bonds. The van der Waals surface area contributed by atoms with E-state index < -0.39 is 0 Å². The molecule has 2 rings (SSSR count). The third-order valence-corrected chi connectivity index (χ3v) is 5.61. The third-order valence-electron chi connectivity index (χ3n) is 3.66. The predicted molar refractivity (Wildman–Crippen MR) is 76.0 cm³/mol. The van der Waals surface area contributed by atoms with Crippen LogP contribution in [0.15, 0.2) is 42.6 Å². The molecule has 1 heterocycles. The van der Waals surface area contributed by atoms with E-state index in [-0.39, 0.29) is 14.7 Å². The van der Waals surface area contributed by atoms with Crippen LogP contribution in [0.3, 0.4) is 0 Å². The van der Waals surface area contributed by atoms with E-state index in [1.54, 1.807) is 0 Å². The van der Waals surface area contributed by atoms with Gasteiger partial charge >= 0.3 is 0 Å². The van der Waals surface area contributed by atoms with Gasteiger partial charge in [0.1, 0.15) is 0 Å². The van der Waals surface area contributed by atoms with Gasteiger partial charge in [-0.25, -0.2) is 0 Å². The first kappa shape index (κ1) is 12.6. The first-order valence-corrected chi connectivity index (χ1v) is 8.16. The van der Waals surface area contributed by atoms with Gasteiger partial charge in [-0.1, -0.05) is 30.3 Å². The monoisotopic (exact) mass is 246 g/mol. The predicted octanol–water partition coefficient (Wildman–Crippen LogP) is 2.83. The number of ether oxygens (including phenoxy) is 1. The summed E-state index contributed by atoms with van der Waals surface area (Å²) in [5.41, 5.74) is 3.58. The fourth-order valence-electron chi connectivity index (χ4n) is 2.65. The Morgan fingerprint density at radius 2 is 2.12 bits per heavy atom. The Hall–Kier alpha value is -0.863. The Morgan fingerprint density at radius 1 is 1.29 bits per heavy atom. The summed E-state index contributed by atoms with van der Waals surface area (Å²) >= 11 is 0. The smallest absolute Gasteiger partial charge is 0.0827 e.